The molecule has 0 radical (unpaired) electrons. The zero-order valence-electron chi connectivity index (χ0n) is 27.0. The summed E-state index contributed by atoms with van der Waals surface area (Å²) in [6, 6.07) is 1.13. The van der Waals surface area contributed by atoms with Crippen LogP contribution in [0.2, 0.25) is 11.1 Å². The van der Waals surface area contributed by atoms with Crippen LogP contribution in [0.4, 0.5) is 0 Å². The Hall–Kier alpha value is -1.08. The first-order valence-electron chi connectivity index (χ1n) is 15.2. The molecule has 0 spiro atoms. The van der Waals surface area contributed by atoms with Crippen molar-refractivity contribution in [2.75, 3.05) is 6.61 Å². The number of hydrogen-bond donors (Lipinski definition) is 1. The van der Waals surface area contributed by atoms with E-state index in [1.807, 2.05) is 27.7 Å². The van der Waals surface area contributed by atoms with Crippen LogP contribution < -0.4 is 0 Å². The van der Waals surface area contributed by atoms with E-state index in [9.17, 15) is 9.90 Å². The van der Waals surface area contributed by atoms with Crippen LogP contribution in [0.15, 0.2) is 22.6 Å². The predicted octanol–water partition coefficient (Wildman–Crippen LogP) is 9.32. The summed E-state index contributed by atoms with van der Waals surface area (Å²) in [4.78, 5) is 17.8. The molecule has 0 fully saturated rings. The van der Waals surface area contributed by atoms with Crippen molar-refractivity contribution >= 4 is 32.2 Å². The number of nitrogens with zero attached hydrogens (tertiary/aromatic N) is 1. The second kappa shape index (κ2) is 17.0. The van der Waals surface area contributed by atoms with Crippen molar-refractivity contribution in [1.82, 2.24) is 4.98 Å². The van der Waals surface area contributed by atoms with Gasteiger partial charge in [0.1, 0.15) is 5.78 Å². The molecule has 1 aromatic rings. The van der Waals surface area contributed by atoms with Gasteiger partial charge in [0.25, 0.3) is 0 Å². The van der Waals surface area contributed by atoms with E-state index in [-0.39, 0.29) is 22.7 Å². The highest BCUT2D eigenvalue weighted by Gasteiger charge is 2.36. The van der Waals surface area contributed by atoms with Gasteiger partial charge in [0.05, 0.1) is 16.8 Å². The van der Waals surface area contributed by atoms with E-state index in [0.29, 0.717) is 0 Å². The number of carbonyl (C=O) groups is 1. The molecule has 4 atom stereocenters. The quantitative estimate of drug-likeness (QED) is 0.107. The molecule has 0 aliphatic carbocycles. The number of aliphatic hydroxyl groups is 1. The lowest BCUT2D eigenvalue weighted by Gasteiger charge is -2.32. The third kappa shape index (κ3) is 13.4. The molecule has 0 bridgehead atoms. The average molecular weight is 578 g/mol. The van der Waals surface area contributed by atoms with E-state index >= 15 is 0 Å². The normalized spacial score (nSPS) is 16.7. The predicted molar refractivity (Wildman–Crippen MR) is 173 cm³/mol. The van der Waals surface area contributed by atoms with Crippen LogP contribution in [0.5, 0.6) is 0 Å². The van der Waals surface area contributed by atoms with Crippen molar-refractivity contribution < 1.29 is 14.3 Å². The largest absolute Gasteiger partial charge is 0.420 e. The Balaban J connectivity index is 2.43. The van der Waals surface area contributed by atoms with Gasteiger partial charge in [0, 0.05) is 23.3 Å². The Morgan fingerprint density at radius 2 is 1.79 bits per heavy atom. The lowest BCUT2D eigenvalue weighted by molar-refractivity contribution is -0.136. The molecule has 1 aromatic heterocycles. The topological polar surface area (TPSA) is 59.4 Å². The monoisotopic (exact) mass is 577 g/mol. The molecular formula is C33H59NO3SSi. The Labute approximate surface area is 246 Å². The van der Waals surface area contributed by atoms with Crippen LogP contribution in [-0.2, 0) is 9.22 Å². The van der Waals surface area contributed by atoms with Crippen LogP contribution in [0.1, 0.15) is 125 Å². The molecule has 0 aliphatic rings. The number of hydrogen-bond acceptors (Lipinski definition) is 5. The van der Waals surface area contributed by atoms with Gasteiger partial charge in [-0.25, -0.2) is 4.98 Å². The number of aliphatic hydroxyl groups excluding tert-OH is 1. The van der Waals surface area contributed by atoms with E-state index < -0.39 is 20.6 Å². The SMILES string of the molecule is CC[SiH](OCCCC(C)(C)C(=O)[C@H](C)[C@H](O)[C@H](C)CCC/C(C)=C/CC/C(C)=C/c1csc(C)n1)C(C)(C)C. The second-order valence-electron chi connectivity index (χ2n) is 13.5. The fraction of sp³-hybridized carbons (Fsp3) is 0.758. The number of thiazole rings is 1. The van der Waals surface area contributed by atoms with Crippen LogP contribution >= 0.6 is 11.3 Å². The Morgan fingerprint density at radius 3 is 2.36 bits per heavy atom. The Bertz CT molecular complexity index is 928. The molecule has 1 heterocycles. The van der Waals surface area contributed by atoms with Crippen LogP contribution in [0.25, 0.3) is 6.08 Å². The Morgan fingerprint density at radius 1 is 1.13 bits per heavy atom. The number of allylic oxidation sites excluding steroid dienone is 3. The molecule has 1 rings (SSSR count). The van der Waals surface area contributed by atoms with E-state index in [1.54, 1.807) is 11.3 Å². The Kier molecular flexibility index (Phi) is 15.7. The van der Waals surface area contributed by atoms with Crippen molar-refractivity contribution in [3.8, 4) is 0 Å². The maximum atomic E-state index is 13.3. The molecular weight excluding hydrogens is 519 g/mol. The number of ketones is 1. The van der Waals surface area contributed by atoms with E-state index in [0.717, 1.165) is 68.3 Å². The summed E-state index contributed by atoms with van der Waals surface area (Å²) < 4.78 is 6.27. The van der Waals surface area contributed by atoms with E-state index in [2.05, 4.69) is 71.0 Å². The van der Waals surface area contributed by atoms with Crippen LogP contribution in [0, 0.1) is 24.2 Å². The summed E-state index contributed by atoms with van der Waals surface area (Å²) >= 11 is 1.69. The molecule has 224 valence electrons. The molecule has 4 nitrogen and oxygen atoms in total. The first-order chi connectivity index (χ1) is 18.1. The fourth-order valence-corrected chi connectivity index (χ4v) is 8.38. The maximum Gasteiger partial charge on any atom is 0.181 e. The fourth-order valence-electron chi connectivity index (χ4n) is 5.40. The smallest absolute Gasteiger partial charge is 0.181 e. The molecule has 6 heteroatoms. The molecule has 1 N–H and O–H groups in total. The lowest BCUT2D eigenvalue weighted by Crippen LogP contribution is -2.39. The zero-order valence-corrected chi connectivity index (χ0v) is 29.0. The minimum absolute atomic E-state index is 0.103. The highest BCUT2D eigenvalue weighted by molar-refractivity contribution is 7.09. The summed E-state index contributed by atoms with van der Waals surface area (Å²) in [5, 5.41) is 14.5. The van der Waals surface area contributed by atoms with Gasteiger partial charge >= 0.3 is 0 Å². The van der Waals surface area contributed by atoms with E-state index in [1.165, 1.54) is 11.1 Å². The number of carbonyl (C=O) groups excluding carboxylic acids is 1. The third-order valence-electron chi connectivity index (χ3n) is 8.07. The molecule has 0 saturated heterocycles. The summed E-state index contributed by atoms with van der Waals surface area (Å²) in [6.45, 7) is 24.3. The van der Waals surface area contributed by atoms with Gasteiger partial charge in [0.15, 0.2) is 9.04 Å². The van der Waals surface area contributed by atoms with Gasteiger partial charge in [-0.15, -0.1) is 11.3 Å². The summed E-state index contributed by atoms with van der Waals surface area (Å²) in [6.07, 6.45) is 10.7. The summed E-state index contributed by atoms with van der Waals surface area (Å²) in [5.74, 6) is -0.0730. The van der Waals surface area contributed by atoms with Crippen molar-refractivity contribution in [3.63, 3.8) is 0 Å². The van der Waals surface area contributed by atoms with Gasteiger partial charge in [-0.05, 0) is 88.8 Å². The number of aromatic nitrogens is 1. The highest BCUT2D eigenvalue weighted by atomic mass is 32.1. The molecule has 0 aliphatic heterocycles. The number of aryl methyl sites for hydroxylation is 1. The van der Waals surface area contributed by atoms with Gasteiger partial charge < -0.3 is 9.53 Å². The van der Waals surface area contributed by atoms with Crippen LogP contribution in [0.3, 0.4) is 0 Å². The van der Waals surface area contributed by atoms with Gasteiger partial charge in [-0.1, -0.05) is 72.6 Å². The maximum absolute atomic E-state index is 13.3. The number of Topliss-reactive ketones (excluding diaryl/α,β-unsaturated/α-hetero) is 1. The van der Waals surface area contributed by atoms with Crippen molar-refractivity contribution in [2.24, 2.45) is 17.3 Å². The molecule has 39 heavy (non-hydrogen) atoms. The summed E-state index contributed by atoms with van der Waals surface area (Å²) in [7, 11) is -1.24. The minimum Gasteiger partial charge on any atom is -0.420 e. The molecule has 0 amide bonds. The third-order valence-corrected chi connectivity index (χ3v) is 12.2. The zero-order chi connectivity index (χ0) is 29.8. The first kappa shape index (κ1) is 35.9. The molecule has 1 unspecified atom stereocenters. The highest BCUT2D eigenvalue weighted by Crippen LogP contribution is 2.33. The summed E-state index contributed by atoms with van der Waals surface area (Å²) in [5.41, 5.74) is 3.38. The molecule has 0 aromatic carbocycles. The van der Waals surface area contributed by atoms with Gasteiger partial charge in [0.2, 0.25) is 0 Å². The first-order valence-corrected chi connectivity index (χ1v) is 17.9. The van der Waals surface area contributed by atoms with E-state index in [4.69, 9.17) is 4.43 Å². The van der Waals surface area contributed by atoms with Crippen LogP contribution in [-0.4, -0.2) is 37.6 Å². The second-order valence-corrected chi connectivity index (χ2v) is 18.4. The van der Waals surface area contributed by atoms with Crippen molar-refractivity contribution in [1.29, 1.82) is 0 Å². The standard InChI is InChI=1S/C33H59NO3SSi/c1-12-39(32(7,8)9)37-21-15-20-33(10,11)31(36)27(5)30(35)26(4)19-14-17-24(2)16-13-18-25(3)22-29-23-38-28(6)34-29/h16,22-23,26-27,30,35,39H,12-15,17-21H2,1-11H3/b24-16+,25-22+/t26-,27-,30-,39?/m1/s1. The van der Waals surface area contributed by atoms with Crippen molar-refractivity contribution in [3.05, 3.63) is 33.3 Å². The van der Waals surface area contributed by atoms with Gasteiger partial charge in [-0.2, -0.15) is 0 Å². The number of rotatable bonds is 18. The molecule has 0 saturated carbocycles. The lowest BCUT2D eigenvalue weighted by atomic mass is 9.74. The van der Waals surface area contributed by atoms with Gasteiger partial charge in [-0.3, -0.25) is 4.79 Å². The average Bonchev–Trinajstić information content (AvgIpc) is 3.25. The van der Waals surface area contributed by atoms with Crippen molar-refractivity contribution in [2.45, 2.75) is 138 Å². The minimum atomic E-state index is -1.24.